The number of rotatable bonds is 6. The van der Waals surface area contributed by atoms with Crippen LogP contribution in [-0.4, -0.2) is 0 Å². The number of fused-ring (bicyclic) bond motifs is 1. The average Bonchev–Trinajstić information content (AvgIpc) is 2.78. The van der Waals surface area contributed by atoms with E-state index in [1.54, 1.807) is 0 Å². The molecule has 0 aromatic rings. The van der Waals surface area contributed by atoms with Gasteiger partial charge in [0, 0.05) is 0 Å². The first-order valence-electron chi connectivity index (χ1n) is 9.56. The zero-order valence-electron chi connectivity index (χ0n) is 15.3. The highest BCUT2D eigenvalue weighted by atomic mass is 14.6. The van der Waals surface area contributed by atoms with E-state index in [2.05, 4.69) is 41.2 Å². The van der Waals surface area contributed by atoms with Crippen molar-refractivity contribution in [2.45, 2.75) is 86.0 Å². The van der Waals surface area contributed by atoms with Crippen molar-refractivity contribution in [1.82, 2.24) is 0 Å². The first-order chi connectivity index (χ1) is 9.90. The van der Waals surface area contributed by atoms with Gasteiger partial charge in [-0.1, -0.05) is 59.1 Å². The van der Waals surface area contributed by atoms with E-state index < -0.39 is 0 Å². The van der Waals surface area contributed by atoms with E-state index in [1.807, 2.05) is 0 Å². The predicted molar refractivity (Wildman–Crippen MR) is 94.3 cm³/mol. The van der Waals surface area contributed by atoms with Gasteiger partial charge in [-0.2, -0.15) is 0 Å². The van der Waals surface area contributed by atoms with Gasteiger partial charge in [0.15, 0.2) is 0 Å². The molecular weight excluding hydrogens is 252 g/mol. The molecule has 0 spiro atoms. The molecule has 0 heterocycles. The summed E-state index contributed by atoms with van der Waals surface area (Å²) >= 11 is 0. The van der Waals surface area contributed by atoms with Crippen LogP contribution in [0.2, 0.25) is 0 Å². The van der Waals surface area contributed by atoms with E-state index in [9.17, 15) is 0 Å². The Bertz CT molecular complexity index is 353. The Kier molecular flexibility index (Phi) is 5.60. The van der Waals surface area contributed by atoms with Crippen molar-refractivity contribution >= 4 is 0 Å². The van der Waals surface area contributed by atoms with Crippen molar-refractivity contribution in [2.24, 2.45) is 35.0 Å². The van der Waals surface area contributed by atoms with E-state index in [0.717, 1.165) is 29.6 Å². The van der Waals surface area contributed by atoms with Crippen LogP contribution in [0.4, 0.5) is 0 Å². The molecule has 0 saturated heterocycles. The van der Waals surface area contributed by atoms with Crippen LogP contribution in [0.15, 0.2) is 12.2 Å². The summed E-state index contributed by atoms with van der Waals surface area (Å²) in [6.07, 6.45) is 11.5. The van der Waals surface area contributed by atoms with Crippen LogP contribution >= 0.6 is 0 Å². The van der Waals surface area contributed by atoms with Crippen molar-refractivity contribution < 1.29 is 0 Å². The first-order valence-corrected chi connectivity index (χ1v) is 9.56. The number of hydrogen-bond acceptors (Lipinski definition) is 0. The lowest BCUT2D eigenvalue weighted by molar-refractivity contribution is 0.138. The lowest BCUT2D eigenvalue weighted by Gasteiger charge is -2.42. The van der Waals surface area contributed by atoms with Crippen LogP contribution < -0.4 is 0 Å². The molecule has 0 aromatic carbocycles. The molecule has 2 rings (SSSR count). The lowest BCUT2D eigenvalue weighted by atomic mass is 9.63. The van der Waals surface area contributed by atoms with Gasteiger partial charge in [0.2, 0.25) is 0 Å². The highest BCUT2D eigenvalue weighted by molar-refractivity contribution is 5.16. The Morgan fingerprint density at radius 1 is 1.19 bits per heavy atom. The normalized spacial score (nSPS) is 37.5. The summed E-state index contributed by atoms with van der Waals surface area (Å²) in [6.45, 7) is 16.5. The molecule has 0 amide bonds. The van der Waals surface area contributed by atoms with Gasteiger partial charge in [0.05, 0.1) is 0 Å². The van der Waals surface area contributed by atoms with Gasteiger partial charge in [-0.15, -0.1) is 0 Å². The summed E-state index contributed by atoms with van der Waals surface area (Å²) in [6, 6.07) is 0. The molecule has 5 unspecified atom stereocenters. The molecule has 0 nitrogen and oxygen atoms in total. The predicted octanol–water partition coefficient (Wildman–Crippen LogP) is 6.86. The molecule has 0 aliphatic heterocycles. The summed E-state index contributed by atoms with van der Waals surface area (Å²) in [5.74, 6) is 4.61. The van der Waals surface area contributed by atoms with Crippen molar-refractivity contribution in [3.05, 3.63) is 12.2 Å². The van der Waals surface area contributed by atoms with Gasteiger partial charge in [-0.25, -0.2) is 0 Å². The van der Waals surface area contributed by atoms with Gasteiger partial charge >= 0.3 is 0 Å². The highest BCUT2D eigenvalue weighted by Gasteiger charge is 2.51. The third-order valence-corrected chi connectivity index (χ3v) is 6.89. The molecule has 0 bridgehead atoms. The smallest absolute Gasteiger partial charge is 0.00574 e. The summed E-state index contributed by atoms with van der Waals surface area (Å²) in [4.78, 5) is 0. The fourth-order valence-electron chi connectivity index (χ4n) is 5.74. The van der Waals surface area contributed by atoms with E-state index in [-0.39, 0.29) is 0 Å². The Labute approximate surface area is 133 Å². The number of unbranched alkanes of at least 4 members (excludes halogenated alkanes) is 1. The Hall–Kier alpha value is -0.260. The second-order valence-electron chi connectivity index (χ2n) is 8.78. The standard InChI is InChI=1S/C21H38/c1-7-8-9-20(15(2)3)21(16(4)5)13-18-11-10-17(6)12-19(18)14-21/h15,17-20H,4,7-14H2,1-3,5-6H3. The van der Waals surface area contributed by atoms with Gasteiger partial charge in [-0.3, -0.25) is 0 Å². The molecule has 0 N–H and O–H groups in total. The maximum absolute atomic E-state index is 4.50. The number of allylic oxidation sites excluding steroid dienone is 1. The highest BCUT2D eigenvalue weighted by Crippen LogP contribution is 2.60. The van der Waals surface area contributed by atoms with Crippen molar-refractivity contribution in [3.8, 4) is 0 Å². The van der Waals surface area contributed by atoms with Gasteiger partial charge in [0.25, 0.3) is 0 Å². The van der Waals surface area contributed by atoms with E-state index in [0.29, 0.717) is 5.41 Å². The van der Waals surface area contributed by atoms with Crippen LogP contribution in [0.5, 0.6) is 0 Å². The van der Waals surface area contributed by atoms with Crippen molar-refractivity contribution in [2.75, 3.05) is 0 Å². The lowest BCUT2D eigenvalue weighted by Crippen LogP contribution is -2.33. The zero-order valence-corrected chi connectivity index (χ0v) is 15.3. The Balaban J connectivity index is 2.22. The maximum Gasteiger partial charge on any atom is -0.00574 e. The summed E-state index contributed by atoms with van der Waals surface area (Å²) in [5.41, 5.74) is 1.96. The third-order valence-electron chi connectivity index (χ3n) is 6.89. The molecule has 2 saturated carbocycles. The quantitative estimate of drug-likeness (QED) is 0.469. The van der Waals surface area contributed by atoms with Crippen LogP contribution in [0.25, 0.3) is 0 Å². The van der Waals surface area contributed by atoms with Crippen LogP contribution in [0.3, 0.4) is 0 Å². The van der Waals surface area contributed by atoms with E-state index in [1.165, 1.54) is 56.9 Å². The largest absolute Gasteiger partial charge is 0.0996 e. The molecule has 21 heavy (non-hydrogen) atoms. The van der Waals surface area contributed by atoms with E-state index >= 15 is 0 Å². The summed E-state index contributed by atoms with van der Waals surface area (Å²) in [7, 11) is 0. The SMILES string of the molecule is C=C(C)C1(C(CCCC)C(C)C)CC2CCC(C)CC2C1. The molecule has 0 aromatic heterocycles. The minimum absolute atomic E-state index is 0.461. The van der Waals surface area contributed by atoms with Crippen LogP contribution in [-0.2, 0) is 0 Å². The monoisotopic (exact) mass is 290 g/mol. The fourth-order valence-corrected chi connectivity index (χ4v) is 5.74. The molecule has 122 valence electrons. The summed E-state index contributed by atoms with van der Waals surface area (Å²) < 4.78 is 0. The average molecular weight is 291 g/mol. The van der Waals surface area contributed by atoms with E-state index in [4.69, 9.17) is 0 Å². The second-order valence-corrected chi connectivity index (χ2v) is 8.78. The van der Waals surface area contributed by atoms with Gasteiger partial charge in [0.1, 0.15) is 0 Å². The minimum atomic E-state index is 0.461. The Morgan fingerprint density at radius 2 is 1.86 bits per heavy atom. The van der Waals surface area contributed by atoms with Crippen LogP contribution in [0, 0.1) is 35.0 Å². The zero-order chi connectivity index (χ0) is 15.6. The molecular formula is C21H38. The van der Waals surface area contributed by atoms with Crippen molar-refractivity contribution in [1.29, 1.82) is 0 Å². The fraction of sp³-hybridized carbons (Fsp3) is 0.905. The molecule has 2 aliphatic rings. The number of hydrogen-bond donors (Lipinski definition) is 0. The maximum atomic E-state index is 4.50. The third kappa shape index (κ3) is 3.40. The van der Waals surface area contributed by atoms with Crippen molar-refractivity contribution in [3.63, 3.8) is 0 Å². The minimum Gasteiger partial charge on any atom is -0.0996 e. The molecule has 0 radical (unpaired) electrons. The van der Waals surface area contributed by atoms with Gasteiger partial charge in [-0.05, 0) is 74.0 Å². The van der Waals surface area contributed by atoms with Crippen LogP contribution in [0.1, 0.15) is 86.0 Å². The molecule has 2 fully saturated rings. The molecule has 0 heteroatoms. The molecule has 5 atom stereocenters. The topological polar surface area (TPSA) is 0 Å². The molecule has 2 aliphatic carbocycles. The summed E-state index contributed by atoms with van der Waals surface area (Å²) in [5, 5.41) is 0. The second kappa shape index (κ2) is 6.88. The first kappa shape index (κ1) is 17.1. The van der Waals surface area contributed by atoms with Gasteiger partial charge < -0.3 is 0 Å². The Morgan fingerprint density at radius 3 is 2.43 bits per heavy atom.